The standard InChI is InChI=1S/C17H16Cl2N2O5/c1-24-13-7-10(8-14(25-2)15(13)26-3)17(23)21-20-16(22)9-4-5-11(18)12(19)6-9/h4-8H,1-3H3,(H,20,22)(H,21,23). The number of carbonyl (C=O) groups excluding carboxylic acids is 2. The van der Waals surface area contributed by atoms with Gasteiger partial charge in [-0.05, 0) is 30.3 Å². The molecule has 0 atom stereocenters. The van der Waals surface area contributed by atoms with Crippen LogP contribution in [0.3, 0.4) is 0 Å². The lowest BCUT2D eigenvalue weighted by molar-refractivity contribution is 0.0846. The molecule has 2 N–H and O–H groups in total. The van der Waals surface area contributed by atoms with Crippen molar-refractivity contribution >= 4 is 35.0 Å². The van der Waals surface area contributed by atoms with Crippen LogP contribution in [-0.2, 0) is 0 Å². The van der Waals surface area contributed by atoms with E-state index in [1.54, 1.807) is 0 Å². The first-order chi connectivity index (χ1) is 12.4. The van der Waals surface area contributed by atoms with Gasteiger partial charge < -0.3 is 14.2 Å². The van der Waals surface area contributed by atoms with Gasteiger partial charge in [0.15, 0.2) is 11.5 Å². The van der Waals surface area contributed by atoms with Crippen LogP contribution in [-0.4, -0.2) is 33.1 Å². The van der Waals surface area contributed by atoms with Crippen molar-refractivity contribution in [3.63, 3.8) is 0 Å². The second-order valence-electron chi connectivity index (χ2n) is 4.95. The lowest BCUT2D eigenvalue weighted by atomic mass is 10.1. The Morgan fingerprint density at radius 3 is 1.77 bits per heavy atom. The molecule has 0 bridgehead atoms. The minimum Gasteiger partial charge on any atom is -0.493 e. The average molecular weight is 399 g/mol. The molecule has 0 heterocycles. The van der Waals surface area contributed by atoms with E-state index in [4.69, 9.17) is 37.4 Å². The monoisotopic (exact) mass is 398 g/mol. The highest BCUT2D eigenvalue weighted by molar-refractivity contribution is 6.42. The topological polar surface area (TPSA) is 85.9 Å². The number of benzene rings is 2. The molecule has 9 heteroatoms. The van der Waals surface area contributed by atoms with Crippen LogP contribution in [0.25, 0.3) is 0 Å². The maximum Gasteiger partial charge on any atom is 0.269 e. The average Bonchev–Trinajstić information content (AvgIpc) is 2.66. The zero-order valence-electron chi connectivity index (χ0n) is 14.2. The maximum absolute atomic E-state index is 12.3. The van der Waals surface area contributed by atoms with E-state index < -0.39 is 11.8 Å². The molecular weight excluding hydrogens is 383 g/mol. The highest BCUT2D eigenvalue weighted by Crippen LogP contribution is 2.38. The van der Waals surface area contributed by atoms with Crippen LogP contribution in [0.4, 0.5) is 0 Å². The van der Waals surface area contributed by atoms with E-state index in [0.717, 1.165) is 0 Å². The lowest BCUT2D eigenvalue weighted by Gasteiger charge is -2.14. The molecule has 0 saturated heterocycles. The summed E-state index contributed by atoms with van der Waals surface area (Å²) in [5, 5.41) is 0.556. The van der Waals surface area contributed by atoms with Crippen LogP contribution in [0, 0.1) is 0 Å². The summed E-state index contributed by atoms with van der Waals surface area (Å²) in [5.74, 6) is -0.144. The van der Waals surface area contributed by atoms with Gasteiger partial charge in [0.2, 0.25) is 5.75 Å². The summed E-state index contributed by atoms with van der Waals surface area (Å²) in [5.41, 5.74) is 5.04. The number of methoxy groups -OCH3 is 3. The maximum atomic E-state index is 12.3. The summed E-state index contributed by atoms with van der Waals surface area (Å²) in [7, 11) is 4.33. The molecular formula is C17H16Cl2N2O5. The number of ether oxygens (including phenoxy) is 3. The summed E-state index contributed by atoms with van der Waals surface area (Å²) in [4.78, 5) is 24.4. The fraction of sp³-hybridized carbons (Fsp3) is 0.176. The molecule has 0 radical (unpaired) electrons. The van der Waals surface area contributed by atoms with E-state index in [0.29, 0.717) is 22.3 Å². The minimum atomic E-state index is -0.572. The molecule has 0 aliphatic rings. The zero-order chi connectivity index (χ0) is 19.3. The van der Waals surface area contributed by atoms with Crippen molar-refractivity contribution in [3.8, 4) is 17.2 Å². The molecule has 0 aliphatic heterocycles. The van der Waals surface area contributed by atoms with Crippen LogP contribution in [0.5, 0.6) is 17.2 Å². The molecule has 138 valence electrons. The van der Waals surface area contributed by atoms with Crippen molar-refractivity contribution in [3.05, 3.63) is 51.5 Å². The smallest absolute Gasteiger partial charge is 0.269 e. The lowest BCUT2D eigenvalue weighted by Crippen LogP contribution is -2.41. The number of hydrogen-bond donors (Lipinski definition) is 2. The number of nitrogens with one attached hydrogen (secondary N) is 2. The Morgan fingerprint density at radius 2 is 1.31 bits per heavy atom. The Morgan fingerprint density at radius 1 is 0.769 bits per heavy atom. The second-order valence-corrected chi connectivity index (χ2v) is 5.77. The SMILES string of the molecule is COc1cc(C(=O)NNC(=O)c2ccc(Cl)c(Cl)c2)cc(OC)c1OC. The number of hydrazine groups is 1. The van der Waals surface area contributed by atoms with E-state index in [9.17, 15) is 9.59 Å². The van der Waals surface area contributed by atoms with Crippen LogP contribution >= 0.6 is 23.2 Å². The van der Waals surface area contributed by atoms with Gasteiger partial charge in [-0.1, -0.05) is 23.2 Å². The molecule has 0 aliphatic carbocycles. The predicted octanol–water partition coefficient (Wildman–Crippen LogP) is 3.09. The Bertz CT molecular complexity index is 817. The third-order valence-corrected chi connectivity index (χ3v) is 4.14. The van der Waals surface area contributed by atoms with Crippen molar-refractivity contribution in [2.45, 2.75) is 0 Å². The third-order valence-electron chi connectivity index (χ3n) is 3.40. The first kappa shape index (κ1) is 19.7. The summed E-state index contributed by atoms with van der Waals surface area (Å²) in [6.07, 6.45) is 0. The van der Waals surface area contributed by atoms with Crippen molar-refractivity contribution in [1.29, 1.82) is 0 Å². The second kappa shape index (κ2) is 8.64. The fourth-order valence-electron chi connectivity index (χ4n) is 2.11. The number of amides is 2. The van der Waals surface area contributed by atoms with Crippen molar-refractivity contribution in [2.75, 3.05) is 21.3 Å². The van der Waals surface area contributed by atoms with E-state index in [1.165, 1.54) is 51.7 Å². The van der Waals surface area contributed by atoms with Gasteiger partial charge in [-0.15, -0.1) is 0 Å². The van der Waals surface area contributed by atoms with Crippen LogP contribution in [0.2, 0.25) is 10.0 Å². The highest BCUT2D eigenvalue weighted by atomic mass is 35.5. The summed E-state index contributed by atoms with van der Waals surface area (Å²) < 4.78 is 15.6. The van der Waals surface area contributed by atoms with Gasteiger partial charge in [0.05, 0.1) is 31.4 Å². The Hall–Kier alpha value is -2.64. The first-order valence-electron chi connectivity index (χ1n) is 7.27. The summed E-state index contributed by atoms with van der Waals surface area (Å²) in [6.45, 7) is 0. The molecule has 7 nitrogen and oxygen atoms in total. The number of rotatable bonds is 5. The van der Waals surface area contributed by atoms with Gasteiger partial charge >= 0.3 is 0 Å². The Kier molecular flexibility index (Phi) is 6.54. The Balaban J connectivity index is 2.14. The molecule has 2 aromatic carbocycles. The quantitative estimate of drug-likeness (QED) is 0.755. The largest absolute Gasteiger partial charge is 0.493 e. The van der Waals surface area contributed by atoms with Crippen molar-refractivity contribution < 1.29 is 23.8 Å². The number of carbonyl (C=O) groups is 2. The molecule has 0 aromatic heterocycles. The van der Waals surface area contributed by atoms with Gasteiger partial charge in [0.1, 0.15) is 0 Å². The highest BCUT2D eigenvalue weighted by Gasteiger charge is 2.17. The predicted molar refractivity (Wildman–Crippen MR) is 97.5 cm³/mol. The number of hydrogen-bond acceptors (Lipinski definition) is 5. The van der Waals surface area contributed by atoms with Gasteiger partial charge in [-0.3, -0.25) is 20.4 Å². The van der Waals surface area contributed by atoms with Crippen molar-refractivity contribution in [1.82, 2.24) is 10.9 Å². The van der Waals surface area contributed by atoms with Crippen LogP contribution in [0.15, 0.2) is 30.3 Å². The molecule has 2 aromatic rings. The molecule has 2 rings (SSSR count). The van der Waals surface area contributed by atoms with Crippen molar-refractivity contribution in [2.24, 2.45) is 0 Å². The fourth-order valence-corrected chi connectivity index (χ4v) is 2.41. The summed E-state index contributed by atoms with van der Waals surface area (Å²) >= 11 is 11.7. The Labute approximate surface area is 160 Å². The molecule has 0 fully saturated rings. The van der Waals surface area contributed by atoms with E-state index in [1.807, 2.05) is 0 Å². The molecule has 0 spiro atoms. The van der Waals surface area contributed by atoms with Gasteiger partial charge in [0, 0.05) is 11.1 Å². The van der Waals surface area contributed by atoms with Crippen LogP contribution < -0.4 is 25.1 Å². The van der Waals surface area contributed by atoms with Gasteiger partial charge in [-0.2, -0.15) is 0 Å². The van der Waals surface area contributed by atoms with E-state index >= 15 is 0 Å². The number of halogens is 2. The third kappa shape index (κ3) is 4.30. The van der Waals surface area contributed by atoms with Crippen LogP contribution in [0.1, 0.15) is 20.7 Å². The zero-order valence-corrected chi connectivity index (χ0v) is 15.7. The summed E-state index contributed by atoms with van der Waals surface area (Å²) in [6, 6.07) is 7.28. The normalized spacial score (nSPS) is 10.0. The molecule has 0 unspecified atom stereocenters. The van der Waals surface area contributed by atoms with Gasteiger partial charge in [0.25, 0.3) is 11.8 Å². The van der Waals surface area contributed by atoms with E-state index in [-0.39, 0.29) is 16.1 Å². The minimum absolute atomic E-state index is 0.203. The molecule has 2 amide bonds. The molecule has 26 heavy (non-hydrogen) atoms. The first-order valence-corrected chi connectivity index (χ1v) is 8.02. The molecule has 0 saturated carbocycles. The van der Waals surface area contributed by atoms with Gasteiger partial charge in [-0.25, -0.2) is 0 Å². The van der Waals surface area contributed by atoms with E-state index in [2.05, 4.69) is 10.9 Å².